The normalized spacial score (nSPS) is 12.0. The van der Waals surface area contributed by atoms with Crippen molar-refractivity contribution in [2.24, 2.45) is 0 Å². The molecule has 0 N–H and O–H groups in total. The van der Waals surface area contributed by atoms with Gasteiger partial charge in [-0.2, -0.15) is 0 Å². The van der Waals surface area contributed by atoms with Crippen molar-refractivity contribution in [2.75, 3.05) is 4.90 Å². The summed E-state index contributed by atoms with van der Waals surface area (Å²) in [5.74, 6) is 2.79. The highest BCUT2D eigenvalue weighted by Crippen LogP contribution is 2.50. The standard InChI is InChI=1S/C30H18ClNO2S/c31-19-16-23(30-22-10-4-7-13-28(22)35-29(30)17-19)32(20-8-2-1-3-9-20)21-14-15-26-27(18-21)34-25-12-6-5-11-24(25)33-26/h1-18H. The zero-order valence-electron chi connectivity index (χ0n) is 18.4. The smallest absolute Gasteiger partial charge is 0.172 e. The van der Waals surface area contributed by atoms with Crippen LogP contribution in [0.3, 0.4) is 0 Å². The Morgan fingerprint density at radius 3 is 2.09 bits per heavy atom. The molecule has 0 radical (unpaired) electrons. The van der Waals surface area contributed by atoms with Gasteiger partial charge in [0.2, 0.25) is 0 Å². The molecule has 35 heavy (non-hydrogen) atoms. The number of ether oxygens (including phenoxy) is 2. The van der Waals surface area contributed by atoms with E-state index in [9.17, 15) is 0 Å². The topological polar surface area (TPSA) is 21.7 Å². The van der Waals surface area contributed by atoms with Crippen molar-refractivity contribution in [3.63, 3.8) is 0 Å². The number of para-hydroxylation sites is 3. The minimum Gasteiger partial charge on any atom is -0.450 e. The highest BCUT2D eigenvalue weighted by molar-refractivity contribution is 7.26. The number of hydrogen-bond donors (Lipinski definition) is 0. The highest BCUT2D eigenvalue weighted by Gasteiger charge is 2.23. The Morgan fingerprint density at radius 2 is 1.26 bits per heavy atom. The average molecular weight is 492 g/mol. The van der Waals surface area contributed by atoms with Gasteiger partial charge in [0.25, 0.3) is 0 Å². The SMILES string of the molecule is Clc1cc(N(c2ccccc2)c2ccc3c(c2)Oc2ccccc2O3)c2c(c1)sc1ccccc12. The largest absolute Gasteiger partial charge is 0.450 e. The summed E-state index contributed by atoms with van der Waals surface area (Å²) in [6.07, 6.45) is 0. The van der Waals surface area contributed by atoms with E-state index in [1.807, 2.05) is 60.7 Å². The fraction of sp³-hybridized carbons (Fsp3) is 0. The summed E-state index contributed by atoms with van der Waals surface area (Å²) in [7, 11) is 0. The van der Waals surface area contributed by atoms with Crippen LogP contribution in [0.1, 0.15) is 0 Å². The van der Waals surface area contributed by atoms with Gasteiger partial charge in [-0.3, -0.25) is 0 Å². The Kier molecular flexibility index (Phi) is 4.69. The van der Waals surface area contributed by atoms with E-state index in [2.05, 4.69) is 53.4 Å². The third kappa shape index (κ3) is 3.42. The van der Waals surface area contributed by atoms with Gasteiger partial charge in [-0.05, 0) is 54.6 Å². The van der Waals surface area contributed by atoms with Gasteiger partial charge in [-0.25, -0.2) is 0 Å². The molecular formula is C30H18ClNO2S. The maximum atomic E-state index is 6.68. The molecule has 3 nitrogen and oxygen atoms in total. The molecule has 1 aliphatic rings. The molecule has 5 heteroatoms. The first-order valence-corrected chi connectivity index (χ1v) is 12.5. The fourth-order valence-corrected chi connectivity index (χ4v) is 6.08. The molecule has 7 rings (SSSR count). The van der Waals surface area contributed by atoms with Crippen LogP contribution in [-0.4, -0.2) is 0 Å². The average Bonchev–Trinajstić information content (AvgIpc) is 3.26. The van der Waals surface area contributed by atoms with Gasteiger partial charge in [-0.15, -0.1) is 11.3 Å². The number of halogens is 1. The second-order valence-electron chi connectivity index (χ2n) is 8.35. The summed E-state index contributed by atoms with van der Waals surface area (Å²) in [5, 5.41) is 3.09. The van der Waals surface area contributed by atoms with Crippen LogP contribution < -0.4 is 14.4 Å². The number of fused-ring (bicyclic) bond motifs is 5. The van der Waals surface area contributed by atoms with Gasteiger partial charge in [0.05, 0.1) is 11.4 Å². The highest BCUT2D eigenvalue weighted by atomic mass is 35.5. The van der Waals surface area contributed by atoms with Gasteiger partial charge >= 0.3 is 0 Å². The molecule has 1 aliphatic heterocycles. The molecule has 0 aliphatic carbocycles. The van der Waals surface area contributed by atoms with Crippen molar-refractivity contribution in [2.45, 2.75) is 0 Å². The molecule has 0 unspecified atom stereocenters. The maximum Gasteiger partial charge on any atom is 0.172 e. The lowest BCUT2D eigenvalue weighted by Gasteiger charge is -2.28. The van der Waals surface area contributed by atoms with E-state index in [1.54, 1.807) is 11.3 Å². The number of anilines is 3. The predicted octanol–water partition coefficient (Wildman–Crippen LogP) is 10.1. The first-order valence-electron chi connectivity index (χ1n) is 11.3. The van der Waals surface area contributed by atoms with E-state index in [4.69, 9.17) is 21.1 Å². The molecule has 0 fully saturated rings. The molecule has 6 aromatic rings. The summed E-state index contributed by atoms with van der Waals surface area (Å²) < 4.78 is 14.7. The number of benzene rings is 5. The lowest BCUT2D eigenvalue weighted by molar-refractivity contribution is 0.360. The Bertz CT molecular complexity index is 1730. The summed E-state index contributed by atoms with van der Waals surface area (Å²) in [6.45, 7) is 0. The quantitative estimate of drug-likeness (QED) is 0.245. The number of hydrogen-bond acceptors (Lipinski definition) is 4. The number of thiophene rings is 1. The van der Waals surface area contributed by atoms with Crippen molar-refractivity contribution >= 4 is 60.2 Å². The zero-order chi connectivity index (χ0) is 23.4. The molecule has 5 aromatic carbocycles. The van der Waals surface area contributed by atoms with Crippen LogP contribution >= 0.6 is 22.9 Å². The van der Waals surface area contributed by atoms with Crippen molar-refractivity contribution in [1.82, 2.24) is 0 Å². The van der Waals surface area contributed by atoms with Gasteiger partial charge in [-0.1, -0.05) is 60.1 Å². The second-order valence-corrected chi connectivity index (χ2v) is 9.87. The first-order chi connectivity index (χ1) is 17.2. The van der Waals surface area contributed by atoms with Crippen molar-refractivity contribution < 1.29 is 9.47 Å². The van der Waals surface area contributed by atoms with Crippen molar-refractivity contribution in [3.8, 4) is 23.0 Å². The van der Waals surface area contributed by atoms with E-state index >= 15 is 0 Å². The molecule has 0 bridgehead atoms. The van der Waals surface area contributed by atoms with Crippen LogP contribution in [0.4, 0.5) is 17.1 Å². The van der Waals surface area contributed by atoms with Crippen LogP contribution in [0, 0.1) is 0 Å². The zero-order valence-corrected chi connectivity index (χ0v) is 20.0. The summed E-state index contributed by atoms with van der Waals surface area (Å²) in [5.41, 5.74) is 3.01. The Hall–Kier alpha value is -3.99. The lowest BCUT2D eigenvalue weighted by atomic mass is 10.1. The third-order valence-electron chi connectivity index (χ3n) is 6.15. The Balaban J connectivity index is 1.46. The molecule has 2 heterocycles. The van der Waals surface area contributed by atoms with Crippen LogP contribution in [-0.2, 0) is 0 Å². The number of nitrogens with zero attached hydrogens (tertiary/aromatic N) is 1. The third-order valence-corrected chi connectivity index (χ3v) is 7.49. The summed E-state index contributed by atoms with van der Waals surface area (Å²) in [6, 6.07) is 36.7. The Morgan fingerprint density at radius 1 is 0.571 bits per heavy atom. The molecule has 0 amide bonds. The monoisotopic (exact) mass is 491 g/mol. The first kappa shape index (κ1) is 20.4. The van der Waals surface area contributed by atoms with Crippen LogP contribution in [0.5, 0.6) is 23.0 Å². The number of rotatable bonds is 3. The maximum absolute atomic E-state index is 6.68. The molecular weight excluding hydrogens is 474 g/mol. The minimum absolute atomic E-state index is 0.676. The summed E-state index contributed by atoms with van der Waals surface area (Å²) >= 11 is 8.43. The van der Waals surface area contributed by atoms with E-state index < -0.39 is 0 Å². The molecule has 0 saturated heterocycles. The van der Waals surface area contributed by atoms with Crippen LogP contribution in [0.25, 0.3) is 20.2 Å². The van der Waals surface area contributed by atoms with Gasteiger partial charge < -0.3 is 14.4 Å². The molecule has 168 valence electrons. The van der Waals surface area contributed by atoms with Crippen LogP contribution in [0.2, 0.25) is 5.02 Å². The van der Waals surface area contributed by atoms with E-state index in [0.717, 1.165) is 21.8 Å². The lowest BCUT2D eigenvalue weighted by Crippen LogP contribution is -2.11. The fourth-order valence-electron chi connectivity index (χ4n) is 4.64. The van der Waals surface area contributed by atoms with Crippen LogP contribution in [0.15, 0.2) is 109 Å². The van der Waals surface area contributed by atoms with E-state index in [1.165, 1.54) is 15.5 Å². The predicted molar refractivity (Wildman–Crippen MR) is 146 cm³/mol. The van der Waals surface area contributed by atoms with Crippen molar-refractivity contribution in [1.29, 1.82) is 0 Å². The Labute approximate surface area is 211 Å². The van der Waals surface area contributed by atoms with E-state index in [0.29, 0.717) is 28.0 Å². The molecule has 0 spiro atoms. The minimum atomic E-state index is 0.676. The molecule has 0 atom stereocenters. The summed E-state index contributed by atoms with van der Waals surface area (Å²) in [4.78, 5) is 2.23. The molecule has 1 aromatic heterocycles. The second kappa shape index (κ2) is 8.05. The van der Waals surface area contributed by atoms with Gasteiger partial charge in [0, 0.05) is 36.9 Å². The van der Waals surface area contributed by atoms with Crippen molar-refractivity contribution in [3.05, 3.63) is 114 Å². The molecule has 0 saturated carbocycles. The van der Waals surface area contributed by atoms with Gasteiger partial charge in [0.1, 0.15) is 0 Å². The van der Waals surface area contributed by atoms with Gasteiger partial charge in [0.15, 0.2) is 23.0 Å². The van der Waals surface area contributed by atoms with E-state index in [-0.39, 0.29) is 0 Å².